The van der Waals surface area contributed by atoms with E-state index in [1.54, 1.807) is 36.7 Å². The Hall–Kier alpha value is -4.62. The molecule has 0 spiro atoms. The number of urea groups is 1. The van der Waals surface area contributed by atoms with Gasteiger partial charge >= 0.3 is 6.03 Å². The van der Waals surface area contributed by atoms with Gasteiger partial charge in [-0.3, -0.25) is 9.78 Å². The van der Waals surface area contributed by atoms with Crippen molar-refractivity contribution in [3.05, 3.63) is 60.6 Å². The van der Waals surface area contributed by atoms with Crippen molar-refractivity contribution in [1.29, 1.82) is 0 Å². The summed E-state index contributed by atoms with van der Waals surface area (Å²) in [6.45, 7) is 3.89. The summed E-state index contributed by atoms with van der Waals surface area (Å²) in [5.74, 6) is 7.08. The second kappa shape index (κ2) is 10.9. The summed E-state index contributed by atoms with van der Waals surface area (Å²) in [6, 6.07) is 9.92. The predicted octanol–water partition coefficient (Wildman–Crippen LogP) is 1.96. The van der Waals surface area contributed by atoms with Crippen LogP contribution < -0.4 is 21.5 Å². The van der Waals surface area contributed by atoms with Gasteiger partial charge in [0.05, 0.1) is 42.1 Å². The number of piperidine rings is 1. The van der Waals surface area contributed by atoms with Crippen LogP contribution in [0.1, 0.15) is 29.2 Å². The molecule has 2 aliphatic heterocycles. The third-order valence-electron chi connectivity index (χ3n) is 7.39. The summed E-state index contributed by atoms with van der Waals surface area (Å²) in [6.07, 6.45) is 6.60. The van der Waals surface area contributed by atoms with Crippen LogP contribution in [0.4, 0.5) is 16.3 Å². The molecule has 0 aliphatic carbocycles. The minimum absolute atomic E-state index is 0.00749. The first kappa shape index (κ1) is 25.6. The number of hydrazine groups is 1. The van der Waals surface area contributed by atoms with Crippen molar-refractivity contribution in [3.63, 3.8) is 0 Å². The second-order valence-corrected chi connectivity index (χ2v) is 9.82. The highest BCUT2D eigenvalue weighted by Crippen LogP contribution is 2.32. The minimum atomic E-state index is -0.753. The first-order valence-corrected chi connectivity index (χ1v) is 13.2. The molecular formula is C27H30N10O3. The van der Waals surface area contributed by atoms with Crippen LogP contribution in [0.3, 0.4) is 0 Å². The van der Waals surface area contributed by atoms with E-state index in [1.807, 2.05) is 27.9 Å². The van der Waals surface area contributed by atoms with Crippen molar-refractivity contribution in [2.24, 2.45) is 11.6 Å². The number of carbonyl (C=O) groups excluding carboxylic acids is 2. The van der Waals surface area contributed by atoms with Crippen LogP contribution in [0.5, 0.6) is 0 Å². The zero-order valence-corrected chi connectivity index (χ0v) is 21.9. The van der Waals surface area contributed by atoms with Crippen LogP contribution in [-0.2, 0) is 4.74 Å². The molecule has 6 rings (SSSR count). The van der Waals surface area contributed by atoms with Gasteiger partial charge in [-0.15, -0.1) is 0 Å². The fraction of sp³-hybridized carbons (Fsp3) is 0.333. The Kier molecular flexibility index (Phi) is 6.97. The molecule has 0 radical (unpaired) electrons. The number of carbonyl (C=O) groups is 2. The van der Waals surface area contributed by atoms with Gasteiger partial charge in [-0.05, 0) is 49.2 Å². The number of nitrogens with two attached hydrogens (primary N) is 2. The molecule has 1 aromatic carbocycles. The third kappa shape index (κ3) is 4.92. The summed E-state index contributed by atoms with van der Waals surface area (Å²) >= 11 is 0. The number of anilines is 2. The molecule has 0 saturated carbocycles. The molecule has 13 heteroatoms. The lowest BCUT2D eigenvalue weighted by Crippen LogP contribution is -2.41. The van der Waals surface area contributed by atoms with Crippen LogP contribution in [0.15, 0.2) is 55.0 Å². The number of nitrogens with zero attached hydrogens (tertiary/aromatic N) is 8. The smallest absolute Gasteiger partial charge is 0.333 e. The summed E-state index contributed by atoms with van der Waals surface area (Å²) in [5, 5.41) is 6.52. The number of likely N-dealkylation sites (tertiary alicyclic amines) is 1. The fourth-order valence-electron chi connectivity index (χ4n) is 5.21. The van der Waals surface area contributed by atoms with Gasteiger partial charge in [-0.2, -0.15) is 5.10 Å². The highest BCUT2D eigenvalue weighted by molar-refractivity contribution is 5.94. The van der Waals surface area contributed by atoms with Gasteiger partial charge in [0.15, 0.2) is 11.5 Å². The zero-order chi connectivity index (χ0) is 27.6. The maximum atomic E-state index is 12.9. The van der Waals surface area contributed by atoms with Gasteiger partial charge in [0, 0.05) is 44.1 Å². The van der Waals surface area contributed by atoms with Crippen molar-refractivity contribution >= 4 is 34.5 Å². The standard InChI is InChI=1S/C27H30N10O3/c28-27(39)36(29)20-5-3-18(4-6-20)23-32-24(34-12-14-40-15-13-34)22-17-31-37(25(22)33-23)21-7-10-35(11-8-21)26(38)19-2-1-9-30-16-19/h1-6,9,16-17,21H,7-8,10-15,29H2,(H2,28,39). The first-order chi connectivity index (χ1) is 19.5. The van der Waals surface area contributed by atoms with Crippen molar-refractivity contribution in [2.45, 2.75) is 18.9 Å². The molecule has 0 atom stereocenters. The summed E-state index contributed by atoms with van der Waals surface area (Å²) in [4.78, 5) is 42.4. The molecule has 40 heavy (non-hydrogen) atoms. The quantitative estimate of drug-likeness (QED) is 0.218. The van der Waals surface area contributed by atoms with Gasteiger partial charge < -0.3 is 20.3 Å². The number of hydrogen-bond acceptors (Lipinski definition) is 9. The topological polar surface area (TPSA) is 162 Å². The molecule has 3 amide bonds. The largest absolute Gasteiger partial charge is 0.378 e. The minimum Gasteiger partial charge on any atom is -0.378 e. The average molecular weight is 543 g/mol. The van der Waals surface area contributed by atoms with Gasteiger partial charge in [0.25, 0.3) is 5.91 Å². The molecule has 5 heterocycles. The van der Waals surface area contributed by atoms with Crippen LogP contribution >= 0.6 is 0 Å². The lowest BCUT2D eigenvalue weighted by Gasteiger charge is -2.32. The third-order valence-corrected chi connectivity index (χ3v) is 7.39. The highest BCUT2D eigenvalue weighted by atomic mass is 16.5. The number of benzene rings is 1. The van der Waals surface area contributed by atoms with E-state index in [9.17, 15) is 9.59 Å². The van der Waals surface area contributed by atoms with E-state index in [-0.39, 0.29) is 11.9 Å². The van der Waals surface area contributed by atoms with Crippen LogP contribution in [0.25, 0.3) is 22.4 Å². The van der Waals surface area contributed by atoms with Crippen molar-refractivity contribution in [3.8, 4) is 11.4 Å². The first-order valence-electron chi connectivity index (χ1n) is 13.2. The Morgan fingerprint density at radius 2 is 1.73 bits per heavy atom. The molecule has 206 valence electrons. The summed E-state index contributed by atoms with van der Waals surface area (Å²) in [7, 11) is 0. The number of ether oxygens (including phenoxy) is 1. The number of amides is 3. The SMILES string of the molecule is NC(=O)N(N)c1ccc(-c2nc(N3CCOCC3)c3cnn(C4CCN(C(=O)c5cccnc5)CC4)c3n2)cc1. The molecule has 13 nitrogen and oxygen atoms in total. The van der Waals surface area contributed by atoms with Crippen molar-refractivity contribution in [1.82, 2.24) is 29.6 Å². The van der Waals surface area contributed by atoms with E-state index in [0.29, 0.717) is 56.5 Å². The van der Waals surface area contributed by atoms with Gasteiger partial charge in [0.2, 0.25) is 0 Å². The molecule has 3 aromatic heterocycles. The number of morpholine rings is 1. The van der Waals surface area contributed by atoms with E-state index >= 15 is 0 Å². The number of primary amides is 1. The Bertz CT molecular complexity index is 1510. The van der Waals surface area contributed by atoms with Gasteiger partial charge in [0.1, 0.15) is 5.82 Å². The van der Waals surface area contributed by atoms with Crippen LogP contribution in [0, 0.1) is 0 Å². The number of aromatic nitrogens is 5. The van der Waals surface area contributed by atoms with Crippen LogP contribution in [-0.4, -0.2) is 81.0 Å². The molecule has 2 aliphatic rings. The maximum absolute atomic E-state index is 12.9. The van der Waals surface area contributed by atoms with E-state index in [1.165, 1.54) is 0 Å². The number of hydrogen-bond donors (Lipinski definition) is 2. The molecular weight excluding hydrogens is 512 g/mol. The van der Waals surface area contributed by atoms with Crippen molar-refractivity contribution < 1.29 is 14.3 Å². The maximum Gasteiger partial charge on any atom is 0.333 e. The van der Waals surface area contributed by atoms with E-state index in [0.717, 1.165) is 40.3 Å². The second-order valence-electron chi connectivity index (χ2n) is 9.82. The van der Waals surface area contributed by atoms with E-state index in [2.05, 4.69) is 9.88 Å². The Balaban J connectivity index is 1.31. The van der Waals surface area contributed by atoms with Crippen LogP contribution in [0.2, 0.25) is 0 Å². The summed E-state index contributed by atoms with van der Waals surface area (Å²) < 4.78 is 7.54. The molecule has 2 saturated heterocycles. The molecule has 2 fully saturated rings. The van der Waals surface area contributed by atoms with E-state index in [4.69, 9.17) is 31.4 Å². The normalized spacial score (nSPS) is 16.3. The Labute approximate surface area is 230 Å². The zero-order valence-electron chi connectivity index (χ0n) is 21.9. The number of rotatable bonds is 5. The van der Waals surface area contributed by atoms with Gasteiger partial charge in [-0.1, -0.05) is 0 Å². The molecule has 4 aromatic rings. The monoisotopic (exact) mass is 542 g/mol. The lowest BCUT2D eigenvalue weighted by atomic mass is 10.0. The average Bonchev–Trinajstić information content (AvgIpc) is 3.45. The van der Waals surface area contributed by atoms with Gasteiger partial charge in [-0.25, -0.2) is 30.3 Å². The fourth-order valence-corrected chi connectivity index (χ4v) is 5.21. The van der Waals surface area contributed by atoms with Crippen molar-refractivity contribution in [2.75, 3.05) is 49.3 Å². The van der Waals surface area contributed by atoms with E-state index < -0.39 is 6.03 Å². The Morgan fingerprint density at radius 1 is 0.975 bits per heavy atom. The molecule has 4 N–H and O–H groups in total. The number of pyridine rings is 1. The molecule has 0 bridgehead atoms. The predicted molar refractivity (Wildman–Crippen MR) is 148 cm³/mol. The summed E-state index contributed by atoms with van der Waals surface area (Å²) in [5.41, 5.74) is 7.86. The number of fused-ring (bicyclic) bond motifs is 1. The lowest BCUT2D eigenvalue weighted by molar-refractivity contribution is 0.0691. The molecule has 0 unspecified atom stereocenters. The highest BCUT2D eigenvalue weighted by Gasteiger charge is 2.28. The Morgan fingerprint density at radius 3 is 2.40 bits per heavy atom.